The Labute approximate surface area is 117 Å². The van der Waals surface area contributed by atoms with Crippen LogP contribution in [0.3, 0.4) is 0 Å². The first-order valence-corrected chi connectivity index (χ1v) is 6.18. The van der Waals surface area contributed by atoms with Gasteiger partial charge in [0.1, 0.15) is 5.75 Å². The van der Waals surface area contributed by atoms with Crippen LogP contribution in [0.25, 0.3) is 0 Å². The van der Waals surface area contributed by atoms with Gasteiger partial charge in [-0.1, -0.05) is 18.2 Å². The van der Waals surface area contributed by atoms with E-state index in [4.69, 9.17) is 4.74 Å². The second kappa shape index (κ2) is 7.04. The quantitative estimate of drug-likeness (QED) is 0.503. The molecular formula is C15H16N3O2+. The molecule has 0 bridgehead atoms. The summed E-state index contributed by atoms with van der Waals surface area (Å²) in [4.78, 5) is 11.7. The van der Waals surface area contributed by atoms with E-state index in [-0.39, 0.29) is 12.5 Å². The number of rotatable bonds is 5. The summed E-state index contributed by atoms with van der Waals surface area (Å²) in [6.07, 6.45) is 5.21. The standard InChI is InChI=1S/C15H15N3O2/c1-20-14-8-4-3-7-13(14)11-16-17-15(19)12-18-9-5-2-6-10-18/h2-11H,12H2,1H3/p+1. The lowest BCUT2D eigenvalue weighted by Gasteiger charge is -2.02. The van der Waals surface area contributed by atoms with E-state index in [0.717, 1.165) is 5.56 Å². The van der Waals surface area contributed by atoms with Gasteiger partial charge < -0.3 is 4.74 Å². The highest BCUT2D eigenvalue weighted by Gasteiger charge is 2.06. The van der Waals surface area contributed by atoms with Crippen LogP contribution < -0.4 is 14.7 Å². The molecule has 1 aromatic carbocycles. The molecule has 0 atom stereocenters. The summed E-state index contributed by atoms with van der Waals surface area (Å²) in [6, 6.07) is 13.1. The second-order valence-corrected chi connectivity index (χ2v) is 4.08. The molecule has 1 heterocycles. The molecular weight excluding hydrogens is 254 g/mol. The minimum atomic E-state index is -0.188. The zero-order valence-corrected chi connectivity index (χ0v) is 11.2. The Kier molecular flexibility index (Phi) is 4.83. The first kappa shape index (κ1) is 13.7. The number of hydrogen-bond donors (Lipinski definition) is 1. The van der Waals surface area contributed by atoms with Gasteiger partial charge in [0.15, 0.2) is 12.4 Å². The van der Waals surface area contributed by atoms with Gasteiger partial charge in [-0.05, 0) is 12.1 Å². The third-order valence-electron chi connectivity index (χ3n) is 2.64. The maximum atomic E-state index is 11.7. The van der Waals surface area contributed by atoms with Crippen molar-refractivity contribution in [1.82, 2.24) is 5.43 Å². The number of pyridine rings is 1. The first-order chi connectivity index (χ1) is 9.79. The van der Waals surface area contributed by atoms with Crippen LogP contribution in [0.2, 0.25) is 0 Å². The van der Waals surface area contributed by atoms with Crippen molar-refractivity contribution in [3.63, 3.8) is 0 Å². The molecule has 0 aliphatic heterocycles. The summed E-state index contributed by atoms with van der Waals surface area (Å²) in [5.74, 6) is 0.523. The lowest BCUT2D eigenvalue weighted by Crippen LogP contribution is -2.40. The molecule has 0 spiro atoms. The van der Waals surface area contributed by atoms with Gasteiger partial charge in [-0.3, -0.25) is 4.79 Å². The molecule has 102 valence electrons. The maximum Gasteiger partial charge on any atom is 0.305 e. The SMILES string of the molecule is COc1ccccc1C=NNC(=O)C[n+]1ccccc1. The Hall–Kier alpha value is -2.69. The molecule has 0 aliphatic carbocycles. The monoisotopic (exact) mass is 270 g/mol. The molecule has 0 saturated heterocycles. The fraction of sp³-hybridized carbons (Fsp3) is 0.133. The number of nitrogens with zero attached hydrogens (tertiary/aromatic N) is 2. The molecule has 5 nitrogen and oxygen atoms in total. The van der Waals surface area contributed by atoms with Crippen LogP contribution in [0.4, 0.5) is 0 Å². The summed E-state index contributed by atoms with van der Waals surface area (Å²) in [5.41, 5.74) is 3.29. The number of amides is 1. The topological polar surface area (TPSA) is 54.6 Å². The molecule has 1 aromatic heterocycles. The Bertz CT molecular complexity index is 597. The van der Waals surface area contributed by atoms with Crippen molar-refractivity contribution in [1.29, 1.82) is 0 Å². The van der Waals surface area contributed by atoms with Crippen molar-refractivity contribution in [2.75, 3.05) is 7.11 Å². The van der Waals surface area contributed by atoms with Crippen molar-refractivity contribution in [3.05, 3.63) is 60.4 Å². The number of methoxy groups -OCH3 is 1. The van der Waals surface area contributed by atoms with Crippen LogP contribution in [0.15, 0.2) is 60.0 Å². The van der Waals surface area contributed by atoms with Gasteiger partial charge in [-0.25, -0.2) is 5.43 Å². The summed E-state index contributed by atoms with van der Waals surface area (Å²) in [7, 11) is 1.59. The molecule has 20 heavy (non-hydrogen) atoms. The van der Waals surface area contributed by atoms with Crippen molar-refractivity contribution in [2.45, 2.75) is 6.54 Å². The maximum absolute atomic E-state index is 11.7. The van der Waals surface area contributed by atoms with Gasteiger partial charge in [0.2, 0.25) is 6.54 Å². The van der Waals surface area contributed by atoms with Crippen LogP contribution in [0.1, 0.15) is 5.56 Å². The van der Waals surface area contributed by atoms with Crippen molar-refractivity contribution >= 4 is 12.1 Å². The fourth-order valence-corrected chi connectivity index (χ4v) is 1.69. The molecule has 0 fully saturated rings. The zero-order valence-electron chi connectivity index (χ0n) is 11.2. The van der Waals surface area contributed by atoms with Gasteiger partial charge in [0, 0.05) is 17.7 Å². The first-order valence-electron chi connectivity index (χ1n) is 6.18. The molecule has 0 unspecified atom stereocenters. The van der Waals surface area contributed by atoms with E-state index < -0.39 is 0 Å². The predicted molar refractivity (Wildman–Crippen MR) is 75.4 cm³/mol. The average Bonchev–Trinajstić information content (AvgIpc) is 2.49. The Morgan fingerprint density at radius 1 is 1.25 bits per heavy atom. The van der Waals surface area contributed by atoms with E-state index in [2.05, 4.69) is 10.5 Å². The molecule has 1 N–H and O–H groups in total. The lowest BCUT2D eigenvalue weighted by molar-refractivity contribution is -0.684. The zero-order chi connectivity index (χ0) is 14.2. The predicted octanol–water partition coefficient (Wildman–Crippen LogP) is 1.13. The van der Waals surface area contributed by atoms with Crippen LogP contribution in [-0.4, -0.2) is 19.2 Å². The van der Waals surface area contributed by atoms with Crippen LogP contribution in [0, 0.1) is 0 Å². The normalized spacial score (nSPS) is 10.4. The molecule has 0 saturated carbocycles. The molecule has 0 radical (unpaired) electrons. The highest BCUT2D eigenvalue weighted by Crippen LogP contribution is 2.14. The van der Waals surface area contributed by atoms with Crippen molar-refractivity contribution < 1.29 is 14.1 Å². The molecule has 2 aromatic rings. The fourth-order valence-electron chi connectivity index (χ4n) is 1.69. The van der Waals surface area contributed by atoms with E-state index in [0.29, 0.717) is 5.75 Å². The van der Waals surface area contributed by atoms with Crippen LogP contribution >= 0.6 is 0 Å². The second-order valence-electron chi connectivity index (χ2n) is 4.08. The minimum Gasteiger partial charge on any atom is -0.496 e. The number of hydrogen-bond acceptors (Lipinski definition) is 3. The number of ether oxygens (including phenoxy) is 1. The van der Waals surface area contributed by atoms with Gasteiger partial charge >= 0.3 is 5.91 Å². The number of carbonyl (C=O) groups is 1. The third kappa shape index (κ3) is 3.91. The van der Waals surface area contributed by atoms with Gasteiger partial charge in [-0.15, -0.1) is 0 Å². The van der Waals surface area contributed by atoms with E-state index in [1.165, 1.54) is 0 Å². The molecule has 0 aliphatic rings. The number of para-hydroxylation sites is 1. The lowest BCUT2D eigenvalue weighted by atomic mass is 10.2. The van der Waals surface area contributed by atoms with Crippen LogP contribution in [0.5, 0.6) is 5.75 Å². The number of nitrogens with one attached hydrogen (secondary N) is 1. The van der Waals surface area contributed by atoms with Crippen molar-refractivity contribution in [2.24, 2.45) is 5.10 Å². The number of benzene rings is 1. The third-order valence-corrected chi connectivity index (χ3v) is 2.64. The van der Waals surface area contributed by atoms with Crippen molar-refractivity contribution in [3.8, 4) is 5.75 Å². The summed E-state index contributed by atoms with van der Waals surface area (Å²) in [6.45, 7) is 0.226. The van der Waals surface area contributed by atoms with Gasteiger partial charge in [0.05, 0.1) is 13.3 Å². The van der Waals surface area contributed by atoms with E-state index in [1.54, 1.807) is 17.9 Å². The molecule has 5 heteroatoms. The average molecular weight is 270 g/mol. The number of carbonyl (C=O) groups excluding carboxylic acids is 1. The molecule has 1 amide bonds. The summed E-state index contributed by atoms with van der Waals surface area (Å²) < 4.78 is 6.96. The Morgan fingerprint density at radius 2 is 2.00 bits per heavy atom. The minimum absolute atomic E-state index is 0.188. The number of aromatic nitrogens is 1. The highest BCUT2D eigenvalue weighted by atomic mass is 16.5. The van der Waals surface area contributed by atoms with Crippen LogP contribution in [-0.2, 0) is 11.3 Å². The van der Waals surface area contributed by atoms with Gasteiger partial charge in [-0.2, -0.15) is 9.67 Å². The largest absolute Gasteiger partial charge is 0.496 e. The summed E-state index contributed by atoms with van der Waals surface area (Å²) in [5, 5.41) is 3.93. The number of hydrazone groups is 1. The Morgan fingerprint density at radius 3 is 2.75 bits per heavy atom. The summed E-state index contributed by atoms with van der Waals surface area (Å²) >= 11 is 0. The van der Waals surface area contributed by atoms with Gasteiger partial charge in [0.25, 0.3) is 0 Å². The Balaban J connectivity index is 1.91. The highest BCUT2D eigenvalue weighted by molar-refractivity contribution is 5.84. The smallest absolute Gasteiger partial charge is 0.305 e. The van der Waals surface area contributed by atoms with E-state index >= 15 is 0 Å². The van der Waals surface area contributed by atoms with E-state index in [1.807, 2.05) is 54.9 Å². The van der Waals surface area contributed by atoms with E-state index in [9.17, 15) is 4.79 Å². The molecule has 2 rings (SSSR count).